The van der Waals surface area contributed by atoms with Crippen molar-refractivity contribution in [3.8, 4) is 0 Å². The van der Waals surface area contributed by atoms with Gasteiger partial charge in [0.1, 0.15) is 0 Å². The molecule has 0 aliphatic rings. The van der Waals surface area contributed by atoms with E-state index in [4.69, 9.17) is 5.73 Å². The summed E-state index contributed by atoms with van der Waals surface area (Å²) >= 11 is 0. The van der Waals surface area contributed by atoms with Crippen LogP contribution in [0.1, 0.15) is 32.4 Å². The molecule has 1 aromatic carbocycles. The molecule has 4 N–H and O–H groups in total. The molecule has 1 rings (SSSR count). The second-order valence-electron chi connectivity index (χ2n) is 5.91. The molecule has 0 radical (unpaired) electrons. The molecule has 6 heteroatoms. The third-order valence-electron chi connectivity index (χ3n) is 3.68. The van der Waals surface area contributed by atoms with Crippen LogP contribution in [0.5, 0.6) is 0 Å². The van der Waals surface area contributed by atoms with E-state index in [1.165, 1.54) is 0 Å². The molecular formula is C16H26ClN3O2. The number of rotatable bonds is 6. The number of nitrogens with two attached hydrogens (primary N) is 1. The molecule has 2 amide bonds. The van der Waals surface area contributed by atoms with Crippen molar-refractivity contribution < 1.29 is 9.59 Å². The van der Waals surface area contributed by atoms with E-state index in [0.717, 1.165) is 5.56 Å². The maximum absolute atomic E-state index is 12.2. The van der Waals surface area contributed by atoms with Gasteiger partial charge in [-0.05, 0) is 19.4 Å². The lowest BCUT2D eigenvalue weighted by atomic mass is 9.91. The van der Waals surface area contributed by atoms with Crippen molar-refractivity contribution in [3.63, 3.8) is 0 Å². The van der Waals surface area contributed by atoms with Crippen LogP contribution in [0.25, 0.3) is 0 Å². The third-order valence-corrected chi connectivity index (χ3v) is 3.68. The van der Waals surface area contributed by atoms with Gasteiger partial charge in [0.25, 0.3) is 0 Å². The summed E-state index contributed by atoms with van der Waals surface area (Å²) in [5, 5.41) is 5.40. The summed E-state index contributed by atoms with van der Waals surface area (Å²) in [7, 11) is 1.58. The molecule has 0 heterocycles. The summed E-state index contributed by atoms with van der Waals surface area (Å²) in [5.74, 6) is -0.626. The van der Waals surface area contributed by atoms with Gasteiger partial charge in [0.05, 0.1) is 11.3 Å². The van der Waals surface area contributed by atoms with Crippen LogP contribution in [0.4, 0.5) is 0 Å². The molecule has 124 valence electrons. The van der Waals surface area contributed by atoms with Gasteiger partial charge in [-0.3, -0.25) is 9.59 Å². The van der Waals surface area contributed by atoms with Gasteiger partial charge in [-0.15, -0.1) is 12.4 Å². The van der Waals surface area contributed by atoms with Crippen LogP contribution in [-0.4, -0.2) is 25.4 Å². The Morgan fingerprint density at radius 3 is 2.27 bits per heavy atom. The predicted molar refractivity (Wildman–Crippen MR) is 90.6 cm³/mol. The van der Waals surface area contributed by atoms with Crippen LogP contribution in [0.15, 0.2) is 30.3 Å². The summed E-state index contributed by atoms with van der Waals surface area (Å²) < 4.78 is 0. The van der Waals surface area contributed by atoms with Crippen molar-refractivity contribution in [3.05, 3.63) is 35.9 Å². The molecule has 2 atom stereocenters. The lowest BCUT2D eigenvalue weighted by Crippen LogP contribution is -2.46. The fourth-order valence-electron chi connectivity index (χ4n) is 2.01. The number of nitrogens with one attached hydrogen (secondary N) is 2. The number of carbonyl (C=O) groups is 2. The van der Waals surface area contributed by atoms with E-state index < -0.39 is 5.41 Å². The fourth-order valence-corrected chi connectivity index (χ4v) is 2.01. The normalized spacial score (nSPS) is 13.5. The van der Waals surface area contributed by atoms with E-state index in [0.29, 0.717) is 0 Å². The molecule has 5 nitrogen and oxygen atoms in total. The molecule has 0 aromatic heterocycles. The molecule has 2 unspecified atom stereocenters. The number of halogens is 1. The van der Waals surface area contributed by atoms with Gasteiger partial charge in [0, 0.05) is 19.6 Å². The molecule has 0 spiro atoms. The highest BCUT2D eigenvalue weighted by atomic mass is 35.5. The van der Waals surface area contributed by atoms with Gasteiger partial charge in [-0.1, -0.05) is 37.3 Å². The van der Waals surface area contributed by atoms with Crippen LogP contribution >= 0.6 is 12.4 Å². The zero-order chi connectivity index (χ0) is 16.0. The van der Waals surface area contributed by atoms with Crippen molar-refractivity contribution >= 4 is 24.2 Å². The van der Waals surface area contributed by atoms with Gasteiger partial charge in [-0.25, -0.2) is 0 Å². The molecule has 22 heavy (non-hydrogen) atoms. The van der Waals surface area contributed by atoms with Crippen LogP contribution in [0, 0.1) is 11.3 Å². The first-order valence-corrected chi connectivity index (χ1v) is 7.10. The van der Waals surface area contributed by atoms with Crippen molar-refractivity contribution in [2.45, 2.75) is 26.8 Å². The Morgan fingerprint density at radius 1 is 1.23 bits per heavy atom. The summed E-state index contributed by atoms with van der Waals surface area (Å²) in [4.78, 5) is 23.9. The maximum Gasteiger partial charge on any atom is 0.227 e. The van der Waals surface area contributed by atoms with Crippen LogP contribution < -0.4 is 16.4 Å². The van der Waals surface area contributed by atoms with Crippen LogP contribution in [0.2, 0.25) is 0 Å². The van der Waals surface area contributed by atoms with E-state index in [1.54, 1.807) is 27.8 Å². The lowest BCUT2D eigenvalue weighted by Gasteiger charge is -2.25. The first kappa shape index (κ1) is 20.4. The SMILES string of the molecule is CNC(=O)C(C)(C)CNC(=O)C(C)C(N)c1ccccc1.Cl. The molecule has 1 aromatic rings. The lowest BCUT2D eigenvalue weighted by molar-refractivity contribution is -0.130. The van der Waals surface area contributed by atoms with Crippen LogP contribution in [0.3, 0.4) is 0 Å². The first-order valence-electron chi connectivity index (χ1n) is 7.10. The Labute approximate surface area is 138 Å². The zero-order valence-electron chi connectivity index (χ0n) is 13.6. The summed E-state index contributed by atoms with van der Waals surface area (Å²) in [5.41, 5.74) is 6.39. The average Bonchev–Trinajstić information content (AvgIpc) is 2.51. The minimum absolute atomic E-state index is 0. The van der Waals surface area contributed by atoms with Gasteiger partial charge in [0.15, 0.2) is 0 Å². The van der Waals surface area contributed by atoms with Crippen molar-refractivity contribution in [2.75, 3.05) is 13.6 Å². The van der Waals surface area contributed by atoms with Gasteiger partial charge >= 0.3 is 0 Å². The minimum Gasteiger partial charge on any atom is -0.359 e. The van der Waals surface area contributed by atoms with Gasteiger partial charge < -0.3 is 16.4 Å². The standard InChI is InChI=1S/C16H25N3O2.ClH/c1-11(13(17)12-8-6-5-7-9-12)14(20)19-10-16(2,3)15(21)18-4;/h5-9,11,13H,10,17H2,1-4H3,(H,18,21)(H,19,20);1H. The third kappa shape index (κ3) is 5.31. The van der Waals surface area contributed by atoms with E-state index in [-0.39, 0.29) is 42.7 Å². The summed E-state index contributed by atoms with van der Waals surface area (Å²) in [6.07, 6.45) is 0. The highest BCUT2D eigenvalue weighted by Gasteiger charge is 2.29. The monoisotopic (exact) mass is 327 g/mol. The Kier molecular flexibility index (Phi) is 8.12. The molecular weight excluding hydrogens is 302 g/mol. The smallest absolute Gasteiger partial charge is 0.227 e. The summed E-state index contributed by atoms with van der Waals surface area (Å²) in [6.45, 7) is 5.64. The number of amides is 2. The summed E-state index contributed by atoms with van der Waals surface area (Å²) in [6, 6.07) is 9.15. The largest absolute Gasteiger partial charge is 0.359 e. The quantitative estimate of drug-likeness (QED) is 0.742. The molecule has 0 saturated heterocycles. The van der Waals surface area contributed by atoms with Crippen molar-refractivity contribution in [2.24, 2.45) is 17.1 Å². The van der Waals surface area contributed by atoms with Gasteiger partial charge in [0.2, 0.25) is 11.8 Å². The number of hydrogen-bond acceptors (Lipinski definition) is 3. The molecule has 0 fully saturated rings. The highest BCUT2D eigenvalue weighted by molar-refractivity contribution is 5.85. The number of hydrogen-bond donors (Lipinski definition) is 3. The predicted octanol–water partition coefficient (Wildman–Crippen LogP) is 1.63. The zero-order valence-corrected chi connectivity index (χ0v) is 14.4. The fraction of sp³-hybridized carbons (Fsp3) is 0.500. The number of carbonyl (C=O) groups excluding carboxylic acids is 2. The maximum atomic E-state index is 12.2. The van der Waals surface area contributed by atoms with E-state index in [1.807, 2.05) is 30.3 Å². The number of benzene rings is 1. The van der Waals surface area contributed by atoms with Crippen LogP contribution in [-0.2, 0) is 9.59 Å². The molecule has 0 bridgehead atoms. The Morgan fingerprint density at radius 2 is 1.77 bits per heavy atom. The topological polar surface area (TPSA) is 84.2 Å². The van der Waals surface area contributed by atoms with Crippen molar-refractivity contribution in [1.29, 1.82) is 0 Å². The minimum atomic E-state index is -0.652. The van der Waals surface area contributed by atoms with E-state index in [9.17, 15) is 9.59 Å². The first-order chi connectivity index (χ1) is 9.79. The average molecular weight is 328 g/mol. The Hall–Kier alpha value is -1.59. The van der Waals surface area contributed by atoms with E-state index in [2.05, 4.69) is 10.6 Å². The van der Waals surface area contributed by atoms with E-state index >= 15 is 0 Å². The molecule has 0 aliphatic carbocycles. The Bertz CT molecular complexity index is 491. The Balaban J connectivity index is 0.00000441. The second kappa shape index (κ2) is 8.76. The second-order valence-corrected chi connectivity index (χ2v) is 5.91. The van der Waals surface area contributed by atoms with Gasteiger partial charge in [-0.2, -0.15) is 0 Å². The highest BCUT2D eigenvalue weighted by Crippen LogP contribution is 2.20. The van der Waals surface area contributed by atoms with Crippen molar-refractivity contribution in [1.82, 2.24) is 10.6 Å². The molecule has 0 saturated carbocycles. The molecule has 0 aliphatic heterocycles.